The Morgan fingerprint density at radius 1 is 1.46 bits per heavy atom. The van der Waals surface area contributed by atoms with Crippen molar-refractivity contribution in [2.45, 2.75) is 31.7 Å². The van der Waals surface area contributed by atoms with Crippen molar-refractivity contribution < 1.29 is 14.3 Å². The molecule has 7 heteroatoms. The van der Waals surface area contributed by atoms with E-state index in [4.69, 9.17) is 21.6 Å². The number of rotatable bonds is 5. The summed E-state index contributed by atoms with van der Waals surface area (Å²) >= 11 is 5.99. The van der Waals surface area contributed by atoms with Crippen LogP contribution in [0, 0.1) is 17.2 Å². The standard InChI is InChI=1S/C19H22ClN3O3/c20-16-10-14(5-4-13(16)11-21)22-19(25)6-7-23-8-9-26-12-17(23)15-2-1-3-18(15)24/h4-5,10,15,17H,1-3,6-9,12H2,(H,22,25). The van der Waals surface area contributed by atoms with Crippen LogP contribution in [0.25, 0.3) is 0 Å². The summed E-state index contributed by atoms with van der Waals surface area (Å²) in [6.45, 7) is 2.52. The number of Topliss-reactive ketones (excluding diaryl/α,β-unsaturated/α-hetero) is 1. The monoisotopic (exact) mass is 375 g/mol. The first-order chi connectivity index (χ1) is 12.6. The van der Waals surface area contributed by atoms with Gasteiger partial charge in [-0.25, -0.2) is 0 Å². The highest BCUT2D eigenvalue weighted by atomic mass is 35.5. The minimum Gasteiger partial charge on any atom is -0.378 e. The van der Waals surface area contributed by atoms with Gasteiger partial charge in [-0.2, -0.15) is 5.26 Å². The fourth-order valence-corrected chi connectivity index (χ4v) is 3.93. The van der Waals surface area contributed by atoms with Gasteiger partial charge in [0.15, 0.2) is 0 Å². The summed E-state index contributed by atoms with van der Waals surface area (Å²) in [5.74, 6) is 0.242. The molecule has 1 aromatic carbocycles. The lowest BCUT2D eigenvalue weighted by Gasteiger charge is -2.38. The highest BCUT2D eigenvalue weighted by molar-refractivity contribution is 6.32. The molecule has 1 amide bonds. The van der Waals surface area contributed by atoms with Crippen molar-refractivity contribution in [3.8, 4) is 6.07 Å². The van der Waals surface area contributed by atoms with Crippen molar-refractivity contribution >= 4 is 29.0 Å². The van der Waals surface area contributed by atoms with Crippen molar-refractivity contribution in [3.63, 3.8) is 0 Å². The summed E-state index contributed by atoms with van der Waals surface area (Å²) in [6, 6.07) is 6.89. The van der Waals surface area contributed by atoms with Gasteiger partial charge in [-0.05, 0) is 31.0 Å². The van der Waals surface area contributed by atoms with Crippen molar-refractivity contribution in [2.24, 2.45) is 5.92 Å². The van der Waals surface area contributed by atoms with E-state index in [0.29, 0.717) is 54.7 Å². The molecule has 1 saturated heterocycles. The molecular weight excluding hydrogens is 354 g/mol. The average molecular weight is 376 g/mol. The Balaban J connectivity index is 1.55. The van der Waals surface area contributed by atoms with Gasteiger partial charge in [0.05, 0.1) is 23.8 Å². The maximum Gasteiger partial charge on any atom is 0.225 e. The third-order valence-corrected chi connectivity index (χ3v) is 5.41. The van der Waals surface area contributed by atoms with Crippen LogP contribution in [0.3, 0.4) is 0 Å². The SMILES string of the molecule is N#Cc1ccc(NC(=O)CCN2CCOCC2C2CCCC2=O)cc1Cl. The van der Waals surface area contributed by atoms with Gasteiger partial charge in [0, 0.05) is 43.6 Å². The number of ether oxygens (including phenoxy) is 1. The van der Waals surface area contributed by atoms with Gasteiger partial charge in [0.25, 0.3) is 0 Å². The number of nitriles is 1. The van der Waals surface area contributed by atoms with Gasteiger partial charge >= 0.3 is 0 Å². The number of anilines is 1. The van der Waals surface area contributed by atoms with E-state index in [-0.39, 0.29) is 17.9 Å². The van der Waals surface area contributed by atoms with E-state index in [1.54, 1.807) is 18.2 Å². The molecule has 0 radical (unpaired) electrons. The van der Waals surface area contributed by atoms with Crippen LogP contribution < -0.4 is 5.32 Å². The van der Waals surface area contributed by atoms with Crippen LogP contribution >= 0.6 is 11.6 Å². The van der Waals surface area contributed by atoms with Gasteiger partial charge < -0.3 is 10.1 Å². The van der Waals surface area contributed by atoms with E-state index >= 15 is 0 Å². The van der Waals surface area contributed by atoms with Crippen LogP contribution in [-0.2, 0) is 14.3 Å². The number of halogens is 1. The third kappa shape index (κ3) is 4.42. The third-order valence-electron chi connectivity index (χ3n) is 5.10. The summed E-state index contributed by atoms with van der Waals surface area (Å²) < 4.78 is 5.58. The summed E-state index contributed by atoms with van der Waals surface area (Å²) in [4.78, 5) is 26.6. The van der Waals surface area contributed by atoms with Crippen LogP contribution in [0.5, 0.6) is 0 Å². The molecule has 2 unspecified atom stereocenters. The molecule has 1 saturated carbocycles. The van der Waals surface area contributed by atoms with Crippen LogP contribution in [0.1, 0.15) is 31.2 Å². The summed E-state index contributed by atoms with van der Waals surface area (Å²) in [5.41, 5.74) is 0.950. The van der Waals surface area contributed by atoms with Crippen LogP contribution in [0.2, 0.25) is 5.02 Å². The molecule has 2 aliphatic rings. The Kier molecular flexibility index (Phi) is 6.25. The first-order valence-electron chi connectivity index (χ1n) is 8.92. The van der Waals surface area contributed by atoms with E-state index in [9.17, 15) is 9.59 Å². The second-order valence-corrected chi connectivity index (χ2v) is 7.16. The Bertz CT molecular complexity index is 731. The van der Waals surface area contributed by atoms with E-state index in [1.807, 2.05) is 6.07 Å². The molecule has 6 nitrogen and oxygen atoms in total. The highest BCUT2D eigenvalue weighted by Gasteiger charge is 2.37. The van der Waals surface area contributed by atoms with Gasteiger partial charge in [-0.15, -0.1) is 0 Å². The first kappa shape index (κ1) is 18.8. The van der Waals surface area contributed by atoms with E-state index in [0.717, 1.165) is 19.4 Å². The Hall–Kier alpha value is -1.94. The van der Waals surface area contributed by atoms with E-state index < -0.39 is 0 Å². The molecule has 2 atom stereocenters. The molecule has 26 heavy (non-hydrogen) atoms. The molecule has 1 aliphatic heterocycles. The van der Waals surface area contributed by atoms with Crippen LogP contribution in [0.4, 0.5) is 5.69 Å². The lowest BCUT2D eigenvalue weighted by atomic mass is 9.95. The molecule has 1 aliphatic carbocycles. The molecule has 1 heterocycles. The Morgan fingerprint density at radius 2 is 2.31 bits per heavy atom. The second kappa shape index (κ2) is 8.63. The predicted octanol–water partition coefficient (Wildman–Crippen LogP) is 2.61. The maximum absolute atomic E-state index is 12.3. The fourth-order valence-electron chi connectivity index (χ4n) is 3.71. The smallest absolute Gasteiger partial charge is 0.225 e. The highest BCUT2D eigenvalue weighted by Crippen LogP contribution is 2.29. The average Bonchev–Trinajstić information content (AvgIpc) is 3.06. The fraction of sp³-hybridized carbons (Fsp3) is 0.526. The summed E-state index contributed by atoms with van der Waals surface area (Å²) in [6.07, 6.45) is 2.86. The van der Waals surface area contributed by atoms with Crippen molar-refractivity contribution in [1.82, 2.24) is 4.90 Å². The lowest BCUT2D eigenvalue weighted by Crippen LogP contribution is -2.51. The molecule has 138 valence electrons. The summed E-state index contributed by atoms with van der Waals surface area (Å²) in [7, 11) is 0. The van der Waals surface area contributed by atoms with Gasteiger partial charge in [0.2, 0.25) is 5.91 Å². The molecule has 3 rings (SSSR count). The zero-order valence-corrected chi connectivity index (χ0v) is 15.3. The molecule has 0 aromatic heterocycles. The maximum atomic E-state index is 12.3. The van der Waals surface area contributed by atoms with Gasteiger partial charge in [-0.1, -0.05) is 11.6 Å². The Labute approximate surface area is 158 Å². The lowest BCUT2D eigenvalue weighted by molar-refractivity contribution is -0.125. The normalized spacial score (nSPS) is 23.6. The van der Waals surface area contributed by atoms with Gasteiger partial charge in [-0.3, -0.25) is 14.5 Å². The van der Waals surface area contributed by atoms with Crippen LogP contribution in [0.15, 0.2) is 18.2 Å². The first-order valence-corrected chi connectivity index (χ1v) is 9.30. The zero-order chi connectivity index (χ0) is 18.5. The minimum atomic E-state index is -0.117. The number of morpholine rings is 1. The number of hydrogen-bond acceptors (Lipinski definition) is 5. The number of amides is 1. The molecular formula is C19H22ClN3O3. The number of nitrogens with zero attached hydrogens (tertiary/aromatic N) is 2. The number of nitrogens with one attached hydrogen (secondary N) is 1. The number of carbonyl (C=O) groups is 2. The Morgan fingerprint density at radius 3 is 3.00 bits per heavy atom. The molecule has 0 bridgehead atoms. The van der Waals surface area contributed by atoms with E-state index in [2.05, 4.69) is 10.2 Å². The number of hydrogen-bond donors (Lipinski definition) is 1. The number of ketones is 1. The van der Waals surface area contributed by atoms with Crippen molar-refractivity contribution in [2.75, 3.05) is 31.6 Å². The largest absolute Gasteiger partial charge is 0.378 e. The van der Waals surface area contributed by atoms with Crippen LogP contribution in [-0.4, -0.2) is 48.9 Å². The van der Waals surface area contributed by atoms with Crippen molar-refractivity contribution in [3.05, 3.63) is 28.8 Å². The zero-order valence-electron chi connectivity index (χ0n) is 14.5. The topological polar surface area (TPSA) is 82.4 Å². The molecule has 2 fully saturated rings. The number of carbonyl (C=O) groups excluding carboxylic acids is 2. The molecule has 0 spiro atoms. The second-order valence-electron chi connectivity index (χ2n) is 6.75. The van der Waals surface area contributed by atoms with Gasteiger partial charge in [0.1, 0.15) is 11.9 Å². The summed E-state index contributed by atoms with van der Waals surface area (Å²) in [5, 5.41) is 12.0. The minimum absolute atomic E-state index is 0.0377. The van der Waals surface area contributed by atoms with E-state index in [1.165, 1.54) is 0 Å². The predicted molar refractivity (Wildman–Crippen MR) is 97.9 cm³/mol. The molecule has 1 aromatic rings. The molecule has 1 N–H and O–H groups in total. The quantitative estimate of drug-likeness (QED) is 0.855. The van der Waals surface area contributed by atoms with Crippen molar-refractivity contribution in [1.29, 1.82) is 5.26 Å². The number of benzene rings is 1.